The minimum atomic E-state index is -0.833. The van der Waals surface area contributed by atoms with E-state index >= 15 is 0 Å². The highest BCUT2D eigenvalue weighted by atomic mass is 16.4. The van der Waals surface area contributed by atoms with Gasteiger partial charge in [-0.25, -0.2) is 0 Å². The van der Waals surface area contributed by atoms with Gasteiger partial charge in [-0.1, -0.05) is 0 Å². The molecule has 9 heavy (non-hydrogen) atoms. The monoisotopic (exact) mass is 131 g/mol. The zero-order valence-electron chi connectivity index (χ0n) is 5.92. The van der Waals surface area contributed by atoms with Gasteiger partial charge in [0.1, 0.15) is 0 Å². The van der Waals surface area contributed by atoms with E-state index in [1.165, 1.54) is 19.5 Å². The summed E-state index contributed by atoms with van der Waals surface area (Å²) >= 11 is 0. The Bertz CT molecular complexity index is 85.1. The molecule has 1 rings (SSSR count). The summed E-state index contributed by atoms with van der Waals surface area (Å²) < 4.78 is 0. The lowest BCUT2D eigenvalue weighted by Crippen LogP contribution is -2.32. The lowest BCUT2D eigenvalue weighted by atomic mass is 10.3. The second-order valence-corrected chi connectivity index (χ2v) is 2.18. The highest BCUT2D eigenvalue weighted by Crippen LogP contribution is 1.98. The second kappa shape index (κ2) is 4.32. The molecule has 54 valence electrons. The second-order valence-electron chi connectivity index (χ2n) is 2.18. The van der Waals surface area contributed by atoms with Crippen molar-refractivity contribution >= 4 is 5.97 Å². The van der Waals surface area contributed by atoms with E-state index in [0.717, 1.165) is 6.92 Å². The summed E-state index contributed by atoms with van der Waals surface area (Å²) in [6, 6.07) is 0. The first-order valence-corrected chi connectivity index (χ1v) is 3.01. The summed E-state index contributed by atoms with van der Waals surface area (Å²) in [6.07, 6.45) is 1.41. The molecule has 0 aromatic rings. The van der Waals surface area contributed by atoms with E-state index in [2.05, 4.69) is 11.9 Å². The van der Waals surface area contributed by atoms with Crippen LogP contribution in [0.1, 0.15) is 13.3 Å². The maximum atomic E-state index is 9.00. The summed E-state index contributed by atoms with van der Waals surface area (Å²) in [5.41, 5.74) is 0. The SMILES string of the molecule is CC(=O)O.CN1CCC1. The number of hydrogen-bond acceptors (Lipinski definition) is 2. The first-order valence-electron chi connectivity index (χ1n) is 3.01. The van der Waals surface area contributed by atoms with Gasteiger partial charge in [-0.15, -0.1) is 0 Å². The van der Waals surface area contributed by atoms with Crippen LogP contribution in [0, 0.1) is 0 Å². The largest absolute Gasteiger partial charge is 0.481 e. The molecule has 0 unspecified atom stereocenters. The Labute approximate surface area is 55.3 Å². The van der Waals surface area contributed by atoms with E-state index in [1.54, 1.807) is 0 Å². The Morgan fingerprint density at radius 2 is 1.78 bits per heavy atom. The molecule has 0 aliphatic carbocycles. The van der Waals surface area contributed by atoms with Crippen LogP contribution in [0.5, 0.6) is 0 Å². The number of carboxylic acids is 1. The predicted octanol–water partition coefficient (Wildman–Crippen LogP) is 0.413. The van der Waals surface area contributed by atoms with Crippen molar-refractivity contribution in [3.8, 4) is 0 Å². The van der Waals surface area contributed by atoms with Crippen LogP contribution < -0.4 is 0 Å². The maximum absolute atomic E-state index is 9.00. The quantitative estimate of drug-likeness (QED) is 0.517. The smallest absolute Gasteiger partial charge is 0.300 e. The third-order valence-corrected chi connectivity index (χ3v) is 1.08. The minimum absolute atomic E-state index is 0.833. The van der Waals surface area contributed by atoms with Gasteiger partial charge in [0.05, 0.1) is 0 Å². The van der Waals surface area contributed by atoms with Crippen molar-refractivity contribution in [3.63, 3.8) is 0 Å². The molecule has 0 amide bonds. The van der Waals surface area contributed by atoms with Crippen molar-refractivity contribution in [3.05, 3.63) is 0 Å². The van der Waals surface area contributed by atoms with Gasteiger partial charge >= 0.3 is 0 Å². The molecule has 0 atom stereocenters. The minimum Gasteiger partial charge on any atom is -0.481 e. The molecular weight excluding hydrogens is 118 g/mol. The van der Waals surface area contributed by atoms with Gasteiger partial charge in [-0.3, -0.25) is 4.79 Å². The van der Waals surface area contributed by atoms with E-state index in [0.29, 0.717) is 0 Å². The van der Waals surface area contributed by atoms with Crippen LogP contribution in [0.4, 0.5) is 0 Å². The molecule has 0 radical (unpaired) electrons. The topological polar surface area (TPSA) is 40.5 Å². The Morgan fingerprint density at radius 1 is 1.56 bits per heavy atom. The van der Waals surface area contributed by atoms with Gasteiger partial charge in [-0.05, 0) is 26.6 Å². The number of likely N-dealkylation sites (tertiary alicyclic amines) is 1. The maximum Gasteiger partial charge on any atom is 0.300 e. The number of carboxylic acid groups (broad SMARTS) is 1. The van der Waals surface area contributed by atoms with Crippen LogP contribution >= 0.6 is 0 Å². The Balaban J connectivity index is 0.000000148. The van der Waals surface area contributed by atoms with E-state index in [9.17, 15) is 0 Å². The Morgan fingerprint density at radius 3 is 1.78 bits per heavy atom. The number of nitrogens with zero attached hydrogens (tertiary/aromatic N) is 1. The van der Waals surface area contributed by atoms with Gasteiger partial charge in [-0.2, -0.15) is 0 Å². The van der Waals surface area contributed by atoms with Crippen LogP contribution in [0.15, 0.2) is 0 Å². The third kappa shape index (κ3) is 7.43. The van der Waals surface area contributed by atoms with Crippen LogP contribution in [0.3, 0.4) is 0 Å². The summed E-state index contributed by atoms with van der Waals surface area (Å²) in [5, 5.41) is 7.42. The molecule has 1 saturated heterocycles. The zero-order chi connectivity index (χ0) is 7.28. The first kappa shape index (κ1) is 8.43. The van der Waals surface area contributed by atoms with Crippen LogP contribution in [-0.2, 0) is 4.79 Å². The van der Waals surface area contributed by atoms with Gasteiger partial charge in [0.2, 0.25) is 0 Å². The van der Waals surface area contributed by atoms with Crippen molar-refractivity contribution in [1.29, 1.82) is 0 Å². The van der Waals surface area contributed by atoms with E-state index in [-0.39, 0.29) is 0 Å². The normalized spacial score (nSPS) is 17.1. The van der Waals surface area contributed by atoms with Crippen molar-refractivity contribution in [2.24, 2.45) is 0 Å². The molecule has 1 N–H and O–H groups in total. The average Bonchev–Trinajstić information content (AvgIpc) is 1.59. The van der Waals surface area contributed by atoms with E-state index in [4.69, 9.17) is 9.90 Å². The van der Waals surface area contributed by atoms with E-state index < -0.39 is 5.97 Å². The zero-order valence-corrected chi connectivity index (χ0v) is 5.92. The van der Waals surface area contributed by atoms with E-state index in [1.807, 2.05) is 0 Å². The molecule has 0 saturated carbocycles. The van der Waals surface area contributed by atoms with Crippen LogP contribution in [0.2, 0.25) is 0 Å². The Kier molecular flexibility index (Phi) is 4.05. The van der Waals surface area contributed by atoms with Crippen LogP contribution in [-0.4, -0.2) is 36.1 Å². The van der Waals surface area contributed by atoms with Crippen LogP contribution in [0.25, 0.3) is 0 Å². The number of rotatable bonds is 0. The molecule has 3 nitrogen and oxygen atoms in total. The molecule has 1 heterocycles. The van der Waals surface area contributed by atoms with Gasteiger partial charge < -0.3 is 10.0 Å². The molecule has 0 aromatic carbocycles. The Hall–Kier alpha value is -0.570. The summed E-state index contributed by atoms with van der Waals surface area (Å²) in [7, 11) is 2.14. The number of aliphatic carboxylic acids is 1. The van der Waals surface area contributed by atoms with Crippen molar-refractivity contribution in [2.75, 3.05) is 20.1 Å². The number of carbonyl (C=O) groups is 1. The highest BCUT2D eigenvalue weighted by Gasteiger charge is 2.04. The molecule has 0 bridgehead atoms. The first-order chi connectivity index (χ1) is 4.13. The molecule has 0 spiro atoms. The van der Waals surface area contributed by atoms with Crippen molar-refractivity contribution in [1.82, 2.24) is 4.90 Å². The molecular formula is C6H13NO2. The third-order valence-electron chi connectivity index (χ3n) is 1.08. The number of hydrogen-bond donors (Lipinski definition) is 1. The standard InChI is InChI=1S/C4H9N.C2H4O2/c1-5-3-2-4-5;1-2(3)4/h2-4H2,1H3;1H3,(H,3,4). The molecule has 3 heteroatoms. The predicted molar refractivity (Wildman–Crippen MR) is 35.4 cm³/mol. The molecule has 1 aliphatic heterocycles. The molecule has 1 fully saturated rings. The van der Waals surface area contributed by atoms with Gasteiger partial charge in [0, 0.05) is 6.92 Å². The summed E-state index contributed by atoms with van der Waals surface area (Å²) in [6.45, 7) is 3.72. The van der Waals surface area contributed by atoms with Crippen molar-refractivity contribution < 1.29 is 9.90 Å². The summed E-state index contributed by atoms with van der Waals surface area (Å²) in [4.78, 5) is 11.3. The van der Waals surface area contributed by atoms with Crippen molar-refractivity contribution in [2.45, 2.75) is 13.3 Å². The fourth-order valence-electron chi connectivity index (χ4n) is 0.474. The lowest BCUT2D eigenvalue weighted by molar-refractivity contribution is -0.134. The fourth-order valence-corrected chi connectivity index (χ4v) is 0.474. The molecule has 1 aliphatic rings. The van der Waals surface area contributed by atoms with Gasteiger partial charge in [0.25, 0.3) is 5.97 Å². The summed E-state index contributed by atoms with van der Waals surface area (Å²) in [5.74, 6) is -0.833. The van der Waals surface area contributed by atoms with Gasteiger partial charge in [0.15, 0.2) is 0 Å². The average molecular weight is 131 g/mol. The highest BCUT2D eigenvalue weighted by molar-refractivity contribution is 5.62. The fraction of sp³-hybridized carbons (Fsp3) is 0.833. The molecule has 0 aromatic heterocycles. The lowest BCUT2D eigenvalue weighted by Gasteiger charge is -2.24.